The Morgan fingerprint density at radius 3 is 2.62 bits per heavy atom. The Morgan fingerprint density at radius 2 is 1.90 bits per heavy atom. The van der Waals surface area contributed by atoms with Crippen molar-refractivity contribution in [3.8, 4) is 0 Å². The smallest absolute Gasteiger partial charge is 0.408 e. The van der Waals surface area contributed by atoms with Crippen LogP contribution in [0.25, 0.3) is 11.1 Å². The van der Waals surface area contributed by atoms with E-state index >= 15 is 0 Å². The number of amides is 1. The number of carbonyl (C=O) groups excluding carboxylic acids is 1. The van der Waals surface area contributed by atoms with Crippen LogP contribution in [0, 0.1) is 0 Å². The van der Waals surface area contributed by atoms with Crippen molar-refractivity contribution in [1.29, 1.82) is 0 Å². The van der Waals surface area contributed by atoms with E-state index in [1.54, 1.807) is 29.6 Å². The minimum atomic E-state index is -3.77. The maximum Gasteiger partial charge on any atom is 0.420 e. The van der Waals surface area contributed by atoms with Crippen molar-refractivity contribution in [2.45, 2.75) is 11.4 Å². The summed E-state index contributed by atoms with van der Waals surface area (Å²) in [6.45, 7) is -0.235. The maximum atomic E-state index is 12.3. The number of hydrogen-bond donors (Lipinski definition) is 2. The fourth-order valence-electron chi connectivity index (χ4n) is 2.67. The summed E-state index contributed by atoms with van der Waals surface area (Å²) in [4.78, 5) is 28.2. The molecule has 0 unspecified atom stereocenters. The molecule has 2 N–H and O–H groups in total. The van der Waals surface area contributed by atoms with Crippen molar-refractivity contribution in [3.63, 3.8) is 0 Å². The van der Waals surface area contributed by atoms with Gasteiger partial charge in [0.25, 0.3) is 10.0 Å². The quantitative estimate of drug-likeness (QED) is 0.484. The average molecular weight is 430 g/mol. The van der Waals surface area contributed by atoms with Gasteiger partial charge in [-0.1, -0.05) is 12.1 Å². The number of rotatable bonds is 6. The minimum Gasteiger partial charge on any atom is -0.408 e. The first-order valence-corrected chi connectivity index (χ1v) is 10.7. The predicted octanol–water partition coefficient (Wildman–Crippen LogP) is 2.49. The fourth-order valence-corrected chi connectivity index (χ4v) is 4.46. The molecule has 0 aliphatic carbocycles. The first-order chi connectivity index (χ1) is 13.9. The lowest BCUT2D eigenvalue weighted by Crippen LogP contribution is -2.24. The summed E-state index contributed by atoms with van der Waals surface area (Å²) in [6.07, 6.45) is 1.50. The van der Waals surface area contributed by atoms with E-state index in [9.17, 15) is 18.0 Å². The van der Waals surface area contributed by atoms with Crippen LogP contribution in [-0.2, 0) is 21.4 Å². The Morgan fingerprint density at radius 1 is 1.14 bits per heavy atom. The molecule has 0 bridgehead atoms. The second-order valence-electron chi connectivity index (χ2n) is 5.94. The molecule has 0 atom stereocenters. The lowest BCUT2D eigenvalue weighted by Gasteiger charge is -2.08. The van der Waals surface area contributed by atoms with Crippen molar-refractivity contribution in [2.24, 2.45) is 0 Å². The highest BCUT2D eigenvalue weighted by Crippen LogP contribution is 2.19. The SMILES string of the molecule is O=C(Cn1c(=O)oc2ccccc21)Nc1ccc(S(=O)(=O)Nc2nccs2)cc1. The largest absolute Gasteiger partial charge is 0.420 e. The zero-order valence-corrected chi connectivity index (χ0v) is 16.4. The monoisotopic (exact) mass is 430 g/mol. The molecule has 148 valence electrons. The molecule has 0 saturated carbocycles. The highest BCUT2D eigenvalue weighted by atomic mass is 32.2. The number of fused-ring (bicyclic) bond motifs is 1. The van der Waals surface area contributed by atoms with Gasteiger partial charge in [0.15, 0.2) is 10.7 Å². The van der Waals surface area contributed by atoms with E-state index in [0.29, 0.717) is 16.8 Å². The third kappa shape index (κ3) is 4.05. The van der Waals surface area contributed by atoms with Gasteiger partial charge in [-0.05, 0) is 36.4 Å². The van der Waals surface area contributed by atoms with Gasteiger partial charge in [-0.2, -0.15) is 0 Å². The van der Waals surface area contributed by atoms with Crippen LogP contribution in [0.1, 0.15) is 0 Å². The summed E-state index contributed by atoms with van der Waals surface area (Å²) in [5.74, 6) is -1.08. The summed E-state index contributed by atoms with van der Waals surface area (Å²) in [5.41, 5.74) is 1.30. The summed E-state index contributed by atoms with van der Waals surface area (Å²) in [7, 11) is -3.77. The van der Waals surface area contributed by atoms with E-state index in [4.69, 9.17) is 4.42 Å². The molecule has 0 fully saturated rings. The Hall–Kier alpha value is -3.44. The molecule has 1 amide bonds. The molecule has 2 aromatic carbocycles. The lowest BCUT2D eigenvalue weighted by atomic mass is 10.3. The molecular weight excluding hydrogens is 416 g/mol. The minimum absolute atomic E-state index is 0.0303. The van der Waals surface area contributed by atoms with E-state index in [2.05, 4.69) is 15.0 Å². The summed E-state index contributed by atoms with van der Waals surface area (Å²) >= 11 is 1.17. The zero-order chi connectivity index (χ0) is 20.4. The number of anilines is 2. The van der Waals surface area contributed by atoms with Crippen LogP contribution in [0.5, 0.6) is 0 Å². The number of carbonyl (C=O) groups is 1. The van der Waals surface area contributed by atoms with E-state index in [1.807, 2.05) is 0 Å². The van der Waals surface area contributed by atoms with E-state index in [-0.39, 0.29) is 16.6 Å². The molecule has 29 heavy (non-hydrogen) atoms. The number of para-hydroxylation sites is 2. The van der Waals surface area contributed by atoms with E-state index in [1.165, 1.54) is 46.4 Å². The third-order valence-corrected chi connectivity index (χ3v) is 6.15. The molecular formula is C18H14N4O5S2. The number of oxazole rings is 1. The van der Waals surface area contributed by atoms with E-state index < -0.39 is 21.7 Å². The van der Waals surface area contributed by atoms with Gasteiger partial charge in [-0.15, -0.1) is 11.3 Å². The molecule has 0 aliphatic heterocycles. The van der Waals surface area contributed by atoms with Crippen LogP contribution in [0.3, 0.4) is 0 Å². The summed E-state index contributed by atoms with van der Waals surface area (Å²) in [5, 5.41) is 4.55. The number of nitrogens with one attached hydrogen (secondary N) is 2. The molecule has 0 spiro atoms. The van der Waals surface area contributed by atoms with Crippen LogP contribution in [-0.4, -0.2) is 23.9 Å². The average Bonchev–Trinajstić information content (AvgIpc) is 3.30. The number of benzene rings is 2. The highest BCUT2D eigenvalue weighted by Gasteiger charge is 2.16. The number of nitrogens with zero attached hydrogens (tertiary/aromatic N) is 2. The summed E-state index contributed by atoms with van der Waals surface area (Å²) in [6, 6.07) is 12.5. The van der Waals surface area contributed by atoms with Gasteiger partial charge < -0.3 is 9.73 Å². The third-order valence-electron chi connectivity index (χ3n) is 3.98. The first kappa shape index (κ1) is 18.9. The molecule has 4 rings (SSSR count). The second-order valence-corrected chi connectivity index (χ2v) is 8.51. The molecule has 2 aromatic heterocycles. The van der Waals surface area contributed by atoms with Crippen LogP contribution >= 0.6 is 11.3 Å². The van der Waals surface area contributed by atoms with Gasteiger partial charge in [0.2, 0.25) is 5.91 Å². The van der Waals surface area contributed by atoms with E-state index in [0.717, 1.165) is 0 Å². The Balaban J connectivity index is 1.46. The molecule has 0 aliphatic rings. The normalized spacial score (nSPS) is 11.4. The van der Waals surface area contributed by atoms with Crippen LogP contribution in [0.4, 0.5) is 10.8 Å². The van der Waals surface area contributed by atoms with Crippen LogP contribution in [0.15, 0.2) is 74.2 Å². The van der Waals surface area contributed by atoms with Crippen LogP contribution < -0.4 is 15.8 Å². The molecule has 0 saturated heterocycles. The second kappa shape index (κ2) is 7.53. The molecule has 9 nitrogen and oxygen atoms in total. The Bertz CT molecular complexity index is 1320. The Kier molecular flexibility index (Phi) is 4.91. The summed E-state index contributed by atoms with van der Waals surface area (Å²) < 4.78 is 33.3. The number of sulfonamides is 1. The zero-order valence-electron chi connectivity index (χ0n) is 14.7. The standard InChI is InChI=1S/C18H14N4O5S2/c23-16(11-22-14-3-1-2-4-15(14)27-18(22)24)20-12-5-7-13(8-6-12)29(25,26)21-17-19-9-10-28-17/h1-10H,11H2,(H,19,21)(H,20,23). The van der Waals surface area contributed by atoms with Gasteiger partial charge in [-0.3, -0.25) is 14.1 Å². The maximum absolute atomic E-state index is 12.3. The molecule has 11 heteroatoms. The van der Waals surface area contributed by atoms with Crippen molar-refractivity contribution < 1.29 is 17.6 Å². The molecule has 0 radical (unpaired) electrons. The van der Waals surface area contributed by atoms with Crippen molar-refractivity contribution in [2.75, 3.05) is 10.0 Å². The topological polar surface area (TPSA) is 123 Å². The van der Waals surface area contributed by atoms with Gasteiger partial charge in [0.05, 0.1) is 10.4 Å². The van der Waals surface area contributed by atoms with Gasteiger partial charge in [0, 0.05) is 17.3 Å². The van der Waals surface area contributed by atoms with Gasteiger partial charge >= 0.3 is 5.76 Å². The first-order valence-electron chi connectivity index (χ1n) is 8.33. The number of aromatic nitrogens is 2. The van der Waals surface area contributed by atoms with Crippen molar-refractivity contribution >= 4 is 49.2 Å². The van der Waals surface area contributed by atoms with Crippen molar-refractivity contribution in [1.82, 2.24) is 9.55 Å². The fraction of sp³-hybridized carbons (Fsp3) is 0.0556. The van der Waals surface area contributed by atoms with Gasteiger partial charge in [0.1, 0.15) is 6.54 Å². The molecule has 2 heterocycles. The number of hydrogen-bond acceptors (Lipinski definition) is 7. The predicted molar refractivity (Wildman–Crippen MR) is 108 cm³/mol. The van der Waals surface area contributed by atoms with Gasteiger partial charge in [-0.25, -0.2) is 18.2 Å². The Labute approximate surface area is 168 Å². The molecule has 4 aromatic rings. The highest BCUT2D eigenvalue weighted by molar-refractivity contribution is 7.93. The number of thiazole rings is 1. The van der Waals surface area contributed by atoms with Crippen LogP contribution in [0.2, 0.25) is 0 Å². The lowest BCUT2D eigenvalue weighted by molar-refractivity contribution is -0.116. The van der Waals surface area contributed by atoms with Crippen molar-refractivity contribution in [3.05, 3.63) is 70.7 Å².